The molecule has 1 unspecified atom stereocenters. The highest BCUT2D eigenvalue weighted by Crippen LogP contribution is 2.25. The topological polar surface area (TPSA) is 55.1 Å². The highest BCUT2D eigenvalue weighted by molar-refractivity contribution is 7.80. The smallest absolute Gasteiger partial charge is 0.229 e. The first kappa shape index (κ1) is 15.4. The van der Waals surface area contributed by atoms with E-state index < -0.39 is 0 Å². The second-order valence-electron chi connectivity index (χ2n) is 5.33. The summed E-state index contributed by atoms with van der Waals surface area (Å²) in [5.74, 6) is 0.532. The Hall–Kier alpha value is -0.640. The number of nitrogens with one attached hydrogen (secondary N) is 1. The molecule has 1 fully saturated rings. The number of amides is 1. The average Bonchev–Trinajstić information content (AvgIpc) is 2.36. The Balaban J connectivity index is 2.23. The van der Waals surface area contributed by atoms with E-state index in [1.165, 1.54) is 32.1 Å². The van der Waals surface area contributed by atoms with E-state index in [4.69, 9.17) is 18.0 Å². The van der Waals surface area contributed by atoms with Crippen molar-refractivity contribution in [3.05, 3.63) is 0 Å². The first-order chi connectivity index (χ1) is 8.65. The normalized spacial score (nSPS) is 18.3. The van der Waals surface area contributed by atoms with Crippen LogP contribution in [-0.2, 0) is 4.79 Å². The third kappa shape index (κ3) is 5.34. The highest BCUT2D eigenvalue weighted by Gasteiger charge is 2.20. The van der Waals surface area contributed by atoms with Gasteiger partial charge in [0.1, 0.15) is 0 Å². The standard InChI is InChI=1S/C14H26N2OS/c1-2-6-12(13(15)18)14(17)16-10-9-11-7-4-3-5-8-11/h11-12H,2-10H2,1H3,(H2,15,18)(H,16,17). The predicted molar refractivity (Wildman–Crippen MR) is 79.4 cm³/mol. The van der Waals surface area contributed by atoms with Gasteiger partial charge >= 0.3 is 0 Å². The molecular formula is C14H26N2OS. The summed E-state index contributed by atoms with van der Waals surface area (Å²) in [6.07, 6.45) is 9.51. The molecule has 104 valence electrons. The van der Waals surface area contributed by atoms with E-state index in [9.17, 15) is 4.79 Å². The number of thiocarbonyl (C=S) groups is 1. The number of carbonyl (C=O) groups is 1. The summed E-state index contributed by atoms with van der Waals surface area (Å²) in [4.78, 5) is 12.3. The van der Waals surface area contributed by atoms with Gasteiger partial charge in [-0.1, -0.05) is 57.7 Å². The Morgan fingerprint density at radius 3 is 2.61 bits per heavy atom. The van der Waals surface area contributed by atoms with Gasteiger partial charge in [-0.25, -0.2) is 0 Å². The molecule has 0 heterocycles. The zero-order chi connectivity index (χ0) is 13.4. The van der Waals surface area contributed by atoms with E-state index in [-0.39, 0.29) is 11.8 Å². The number of nitrogens with two attached hydrogens (primary N) is 1. The second kappa shape index (κ2) is 8.46. The third-order valence-corrected chi connectivity index (χ3v) is 4.10. The molecule has 1 atom stereocenters. The first-order valence-corrected chi connectivity index (χ1v) is 7.63. The first-order valence-electron chi connectivity index (χ1n) is 7.22. The molecular weight excluding hydrogens is 244 g/mol. The molecule has 3 nitrogen and oxygen atoms in total. The van der Waals surface area contributed by atoms with Crippen molar-refractivity contribution < 1.29 is 4.79 Å². The highest BCUT2D eigenvalue weighted by atomic mass is 32.1. The lowest BCUT2D eigenvalue weighted by Gasteiger charge is -2.22. The maximum absolute atomic E-state index is 11.9. The van der Waals surface area contributed by atoms with Gasteiger partial charge in [0.25, 0.3) is 0 Å². The lowest BCUT2D eigenvalue weighted by atomic mass is 9.87. The molecule has 0 radical (unpaired) electrons. The molecule has 0 saturated heterocycles. The molecule has 1 aliphatic carbocycles. The maximum Gasteiger partial charge on any atom is 0.229 e. The molecule has 1 rings (SSSR count). The van der Waals surface area contributed by atoms with Crippen LogP contribution in [-0.4, -0.2) is 17.4 Å². The molecule has 18 heavy (non-hydrogen) atoms. The monoisotopic (exact) mass is 270 g/mol. The molecule has 0 aliphatic heterocycles. The average molecular weight is 270 g/mol. The van der Waals surface area contributed by atoms with Crippen LogP contribution in [0, 0.1) is 11.8 Å². The van der Waals surface area contributed by atoms with Crippen LogP contribution in [0.1, 0.15) is 58.3 Å². The van der Waals surface area contributed by atoms with Gasteiger partial charge in [-0.15, -0.1) is 0 Å². The van der Waals surface area contributed by atoms with Crippen LogP contribution in [0.2, 0.25) is 0 Å². The van der Waals surface area contributed by atoms with Crippen LogP contribution in [0.4, 0.5) is 0 Å². The zero-order valence-electron chi connectivity index (χ0n) is 11.4. The summed E-state index contributed by atoms with van der Waals surface area (Å²) in [6.45, 7) is 2.81. The Morgan fingerprint density at radius 1 is 1.39 bits per heavy atom. The summed E-state index contributed by atoms with van der Waals surface area (Å²) in [5.41, 5.74) is 5.61. The molecule has 0 aromatic carbocycles. The second-order valence-corrected chi connectivity index (χ2v) is 5.80. The van der Waals surface area contributed by atoms with E-state index in [0.29, 0.717) is 4.99 Å². The van der Waals surface area contributed by atoms with Crippen molar-refractivity contribution in [3.8, 4) is 0 Å². The number of hydrogen-bond donors (Lipinski definition) is 2. The van der Waals surface area contributed by atoms with Crippen molar-refractivity contribution in [3.63, 3.8) is 0 Å². The van der Waals surface area contributed by atoms with Crippen LogP contribution in [0.15, 0.2) is 0 Å². The molecule has 4 heteroatoms. The zero-order valence-corrected chi connectivity index (χ0v) is 12.2. The molecule has 0 aromatic rings. The summed E-state index contributed by atoms with van der Waals surface area (Å²) in [6, 6.07) is 0. The summed E-state index contributed by atoms with van der Waals surface area (Å²) < 4.78 is 0. The number of hydrogen-bond acceptors (Lipinski definition) is 2. The Bertz CT molecular complexity index is 275. The summed E-state index contributed by atoms with van der Waals surface area (Å²) in [5, 5.41) is 2.99. The van der Waals surface area contributed by atoms with Crippen LogP contribution in [0.3, 0.4) is 0 Å². The number of rotatable bonds is 7. The van der Waals surface area contributed by atoms with Crippen LogP contribution in [0.5, 0.6) is 0 Å². The van der Waals surface area contributed by atoms with Crippen LogP contribution < -0.4 is 11.1 Å². The van der Waals surface area contributed by atoms with E-state index in [0.717, 1.165) is 31.7 Å². The van der Waals surface area contributed by atoms with Gasteiger partial charge < -0.3 is 11.1 Å². The van der Waals surface area contributed by atoms with Crippen molar-refractivity contribution in [2.24, 2.45) is 17.6 Å². The maximum atomic E-state index is 11.9. The van der Waals surface area contributed by atoms with Crippen molar-refractivity contribution in [2.75, 3.05) is 6.54 Å². The van der Waals surface area contributed by atoms with Crippen LogP contribution in [0.25, 0.3) is 0 Å². The minimum Gasteiger partial charge on any atom is -0.393 e. The lowest BCUT2D eigenvalue weighted by molar-refractivity contribution is -0.123. The lowest BCUT2D eigenvalue weighted by Crippen LogP contribution is -2.38. The molecule has 1 aliphatic rings. The SMILES string of the molecule is CCCC(C(=O)NCCC1CCCCC1)C(N)=S. The Kier molecular flexibility index (Phi) is 7.25. The fourth-order valence-corrected chi connectivity index (χ4v) is 2.91. The minimum atomic E-state index is -0.281. The molecule has 1 amide bonds. The van der Waals surface area contributed by atoms with Gasteiger partial charge in [-0.2, -0.15) is 0 Å². The van der Waals surface area contributed by atoms with Crippen molar-refractivity contribution in [1.29, 1.82) is 0 Å². The predicted octanol–water partition coefficient (Wildman–Crippen LogP) is 2.78. The molecule has 0 bridgehead atoms. The van der Waals surface area contributed by atoms with E-state index in [1.54, 1.807) is 0 Å². The van der Waals surface area contributed by atoms with Crippen molar-refractivity contribution in [1.82, 2.24) is 5.32 Å². The molecule has 0 spiro atoms. The van der Waals surface area contributed by atoms with Gasteiger partial charge in [-0.05, 0) is 18.8 Å². The quantitative estimate of drug-likeness (QED) is 0.699. The largest absolute Gasteiger partial charge is 0.393 e. The fraction of sp³-hybridized carbons (Fsp3) is 0.857. The van der Waals surface area contributed by atoms with Crippen molar-refractivity contribution in [2.45, 2.75) is 58.3 Å². The Morgan fingerprint density at radius 2 is 2.06 bits per heavy atom. The van der Waals surface area contributed by atoms with E-state index >= 15 is 0 Å². The molecule has 3 N–H and O–H groups in total. The summed E-state index contributed by atoms with van der Waals surface area (Å²) >= 11 is 4.95. The fourth-order valence-electron chi connectivity index (χ4n) is 2.69. The molecule has 0 aromatic heterocycles. The van der Waals surface area contributed by atoms with Gasteiger partial charge in [0.2, 0.25) is 5.91 Å². The van der Waals surface area contributed by atoms with Gasteiger partial charge in [-0.3, -0.25) is 4.79 Å². The van der Waals surface area contributed by atoms with Gasteiger partial charge in [0.05, 0.1) is 10.9 Å². The van der Waals surface area contributed by atoms with Gasteiger partial charge in [0, 0.05) is 6.54 Å². The minimum absolute atomic E-state index is 0.0140. The summed E-state index contributed by atoms with van der Waals surface area (Å²) in [7, 11) is 0. The number of carbonyl (C=O) groups excluding carboxylic acids is 1. The van der Waals surface area contributed by atoms with E-state index in [2.05, 4.69) is 5.32 Å². The third-order valence-electron chi connectivity index (χ3n) is 3.81. The van der Waals surface area contributed by atoms with Crippen molar-refractivity contribution >= 4 is 23.1 Å². The van der Waals surface area contributed by atoms with E-state index in [1.807, 2.05) is 6.92 Å². The Labute approximate surface area is 116 Å². The van der Waals surface area contributed by atoms with Crippen LogP contribution >= 0.6 is 12.2 Å². The molecule has 1 saturated carbocycles. The van der Waals surface area contributed by atoms with Gasteiger partial charge in [0.15, 0.2) is 0 Å².